The second-order valence-electron chi connectivity index (χ2n) is 3.50. The van der Waals surface area contributed by atoms with Crippen LogP contribution in [0.1, 0.15) is 12.8 Å². The van der Waals surface area contributed by atoms with E-state index < -0.39 is 5.91 Å². The lowest BCUT2D eigenvalue weighted by Crippen LogP contribution is -2.34. The van der Waals surface area contributed by atoms with Crippen LogP contribution in [0.3, 0.4) is 0 Å². The standard InChI is InChI=1S/C8H14N4O3/c9-6(11-15)3-7(13)12-2-1-5(4-12)8(10)14/h5,15H,1-4H2,(H2,9,11)(H2,10,14). The lowest BCUT2D eigenvalue weighted by atomic mass is 10.1. The van der Waals surface area contributed by atoms with Crippen molar-refractivity contribution in [3.05, 3.63) is 0 Å². The van der Waals surface area contributed by atoms with E-state index in [1.807, 2.05) is 0 Å². The molecule has 1 heterocycles. The van der Waals surface area contributed by atoms with Gasteiger partial charge in [-0.05, 0) is 6.42 Å². The smallest absolute Gasteiger partial charge is 0.230 e. The van der Waals surface area contributed by atoms with Crippen LogP contribution in [0.4, 0.5) is 0 Å². The van der Waals surface area contributed by atoms with Crippen molar-refractivity contribution >= 4 is 17.6 Å². The van der Waals surface area contributed by atoms with Gasteiger partial charge >= 0.3 is 0 Å². The number of amidine groups is 1. The van der Waals surface area contributed by atoms with Gasteiger partial charge in [0.05, 0.1) is 12.3 Å². The highest BCUT2D eigenvalue weighted by atomic mass is 16.4. The molecule has 7 heteroatoms. The number of nitrogens with two attached hydrogens (primary N) is 2. The molecule has 5 N–H and O–H groups in total. The molecule has 1 unspecified atom stereocenters. The van der Waals surface area contributed by atoms with Crippen molar-refractivity contribution in [1.29, 1.82) is 0 Å². The van der Waals surface area contributed by atoms with Crippen LogP contribution in [-0.2, 0) is 9.59 Å². The quantitative estimate of drug-likeness (QED) is 0.228. The summed E-state index contributed by atoms with van der Waals surface area (Å²) in [7, 11) is 0. The first-order chi connectivity index (χ1) is 7.04. The number of amides is 2. The van der Waals surface area contributed by atoms with E-state index in [9.17, 15) is 9.59 Å². The molecule has 7 nitrogen and oxygen atoms in total. The summed E-state index contributed by atoms with van der Waals surface area (Å²) in [6.45, 7) is 0.817. The molecule has 0 saturated carbocycles. The number of hydrogen-bond donors (Lipinski definition) is 3. The van der Waals surface area contributed by atoms with Crippen molar-refractivity contribution in [1.82, 2.24) is 4.90 Å². The number of oxime groups is 1. The third-order valence-corrected chi connectivity index (χ3v) is 2.40. The van der Waals surface area contributed by atoms with Gasteiger partial charge in [-0.1, -0.05) is 5.16 Å². The minimum Gasteiger partial charge on any atom is -0.409 e. The number of carbonyl (C=O) groups excluding carboxylic acids is 2. The van der Waals surface area contributed by atoms with Crippen molar-refractivity contribution in [2.45, 2.75) is 12.8 Å². The van der Waals surface area contributed by atoms with Crippen molar-refractivity contribution in [2.24, 2.45) is 22.5 Å². The molecule has 1 saturated heterocycles. The van der Waals surface area contributed by atoms with E-state index in [1.54, 1.807) is 0 Å². The Morgan fingerprint density at radius 3 is 2.60 bits per heavy atom. The predicted molar refractivity (Wildman–Crippen MR) is 51.9 cm³/mol. The van der Waals surface area contributed by atoms with Crippen LogP contribution >= 0.6 is 0 Å². The number of nitrogens with zero attached hydrogens (tertiary/aromatic N) is 2. The van der Waals surface area contributed by atoms with Gasteiger partial charge in [-0.3, -0.25) is 9.59 Å². The summed E-state index contributed by atoms with van der Waals surface area (Å²) in [5.74, 6) is -1.06. The Hall–Kier alpha value is -1.79. The van der Waals surface area contributed by atoms with E-state index in [1.165, 1.54) is 4.90 Å². The van der Waals surface area contributed by atoms with Gasteiger partial charge in [0.15, 0.2) is 0 Å². The number of rotatable bonds is 3. The molecule has 0 aromatic heterocycles. The Bertz CT molecular complexity index is 302. The molecule has 0 aliphatic carbocycles. The molecule has 0 bridgehead atoms. The summed E-state index contributed by atoms with van der Waals surface area (Å²) < 4.78 is 0. The number of carbonyl (C=O) groups is 2. The number of primary amides is 1. The molecule has 84 valence electrons. The Kier molecular flexibility index (Phi) is 3.48. The van der Waals surface area contributed by atoms with Gasteiger partial charge in [0.1, 0.15) is 5.84 Å². The van der Waals surface area contributed by atoms with E-state index in [0.717, 1.165) is 0 Å². The number of hydrogen-bond acceptors (Lipinski definition) is 4. The third kappa shape index (κ3) is 2.83. The van der Waals surface area contributed by atoms with E-state index in [-0.39, 0.29) is 24.1 Å². The zero-order valence-corrected chi connectivity index (χ0v) is 8.22. The second kappa shape index (κ2) is 4.63. The first-order valence-corrected chi connectivity index (χ1v) is 4.58. The maximum atomic E-state index is 11.5. The fourth-order valence-corrected chi connectivity index (χ4v) is 1.52. The Balaban J connectivity index is 2.47. The molecule has 0 aromatic rings. The number of likely N-dealkylation sites (tertiary alicyclic amines) is 1. The average molecular weight is 214 g/mol. The molecule has 0 radical (unpaired) electrons. The van der Waals surface area contributed by atoms with Crippen LogP contribution in [-0.4, -0.2) is 40.8 Å². The van der Waals surface area contributed by atoms with Crippen molar-refractivity contribution in [2.75, 3.05) is 13.1 Å². The molecule has 1 aliphatic heterocycles. The minimum atomic E-state index is -0.394. The zero-order valence-electron chi connectivity index (χ0n) is 8.22. The summed E-state index contributed by atoms with van der Waals surface area (Å²) in [5, 5.41) is 11.0. The van der Waals surface area contributed by atoms with Gasteiger partial charge in [0.2, 0.25) is 11.8 Å². The molecule has 1 atom stereocenters. The van der Waals surface area contributed by atoms with Crippen molar-refractivity contribution in [3.8, 4) is 0 Å². The molecule has 0 aromatic carbocycles. The lowest BCUT2D eigenvalue weighted by molar-refractivity contribution is -0.129. The summed E-state index contributed by atoms with van der Waals surface area (Å²) in [6, 6.07) is 0. The van der Waals surface area contributed by atoms with Gasteiger partial charge in [-0.2, -0.15) is 0 Å². The SMILES string of the molecule is NC(=O)C1CCN(C(=O)CC(N)=NO)C1. The van der Waals surface area contributed by atoms with Gasteiger partial charge in [0, 0.05) is 13.1 Å². The highest BCUT2D eigenvalue weighted by Crippen LogP contribution is 2.16. The highest BCUT2D eigenvalue weighted by Gasteiger charge is 2.29. The van der Waals surface area contributed by atoms with Gasteiger partial charge < -0.3 is 21.6 Å². The summed E-state index contributed by atoms with van der Waals surface area (Å²) >= 11 is 0. The Morgan fingerprint density at radius 1 is 1.47 bits per heavy atom. The molecule has 2 amide bonds. The second-order valence-corrected chi connectivity index (χ2v) is 3.50. The molecular formula is C8H14N4O3. The topological polar surface area (TPSA) is 122 Å². The first kappa shape index (κ1) is 11.3. The van der Waals surface area contributed by atoms with E-state index in [2.05, 4.69) is 5.16 Å². The van der Waals surface area contributed by atoms with Crippen LogP contribution in [0.15, 0.2) is 5.16 Å². The van der Waals surface area contributed by atoms with Gasteiger partial charge in [-0.25, -0.2) is 0 Å². The van der Waals surface area contributed by atoms with E-state index in [0.29, 0.717) is 19.5 Å². The zero-order chi connectivity index (χ0) is 11.4. The Labute approximate surface area is 86.7 Å². The third-order valence-electron chi connectivity index (χ3n) is 2.40. The molecular weight excluding hydrogens is 200 g/mol. The normalized spacial score (nSPS) is 21.7. The van der Waals surface area contributed by atoms with E-state index >= 15 is 0 Å². The summed E-state index contributed by atoms with van der Waals surface area (Å²) in [4.78, 5) is 23.8. The van der Waals surface area contributed by atoms with Crippen LogP contribution in [0, 0.1) is 5.92 Å². The van der Waals surface area contributed by atoms with Crippen LogP contribution in [0.5, 0.6) is 0 Å². The van der Waals surface area contributed by atoms with Gasteiger partial charge in [-0.15, -0.1) is 0 Å². The van der Waals surface area contributed by atoms with E-state index in [4.69, 9.17) is 16.7 Å². The first-order valence-electron chi connectivity index (χ1n) is 4.58. The van der Waals surface area contributed by atoms with Crippen LogP contribution < -0.4 is 11.5 Å². The average Bonchev–Trinajstić information content (AvgIpc) is 2.66. The molecule has 1 fully saturated rings. The molecule has 0 spiro atoms. The van der Waals surface area contributed by atoms with Crippen LogP contribution in [0.2, 0.25) is 0 Å². The van der Waals surface area contributed by atoms with Crippen molar-refractivity contribution < 1.29 is 14.8 Å². The Morgan fingerprint density at radius 2 is 2.13 bits per heavy atom. The molecule has 1 rings (SSSR count). The highest BCUT2D eigenvalue weighted by molar-refractivity contribution is 5.99. The fraction of sp³-hybridized carbons (Fsp3) is 0.625. The minimum absolute atomic E-state index is 0.137. The van der Waals surface area contributed by atoms with Crippen LogP contribution in [0.25, 0.3) is 0 Å². The summed E-state index contributed by atoms with van der Waals surface area (Å²) in [5.41, 5.74) is 10.3. The maximum absolute atomic E-state index is 11.5. The monoisotopic (exact) mass is 214 g/mol. The molecule has 15 heavy (non-hydrogen) atoms. The lowest BCUT2D eigenvalue weighted by Gasteiger charge is -2.15. The van der Waals surface area contributed by atoms with Gasteiger partial charge in [0.25, 0.3) is 0 Å². The predicted octanol–water partition coefficient (Wildman–Crippen LogP) is -1.54. The summed E-state index contributed by atoms with van der Waals surface area (Å²) in [6.07, 6.45) is 0.444. The van der Waals surface area contributed by atoms with Crippen molar-refractivity contribution in [3.63, 3.8) is 0 Å². The fourth-order valence-electron chi connectivity index (χ4n) is 1.52. The maximum Gasteiger partial charge on any atom is 0.230 e. The largest absolute Gasteiger partial charge is 0.409 e. The molecule has 1 aliphatic rings.